The van der Waals surface area contributed by atoms with Gasteiger partial charge in [-0.25, -0.2) is 0 Å². The Hall–Kier alpha value is -1.51. The van der Waals surface area contributed by atoms with Crippen molar-refractivity contribution in [2.24, 2.45) is 5.92 Å². The smallest absolute Gasteiger partial charge is 0.251 e. The van der Waals surface area contributed by atoms with Crippen LogP contribution >= 0.6 is 0 Å². The lowest BCUT2D eigenvalue weighted by Crippen LogP contribution is -2.40. The molecule has 98 valence electrons. The molecule has 3 nitrogen and oxygen atoms in total. The number of benzene rings is 1. The third-order valence-corrected chi connectivity index (χ3v) is 3.97. The molecule has 1 aliphatic rings. The van der Waals surface area contributed by atoms with Gasteiger partial charge in [0.2, 0.25) is 0 Å². The van der Waals surface area contributed by atoms with Crippen molar-refractivity contribution in [1.29, 1.82) is 0 Å². The van der Waals surface area contributed by atoms with Crippen LogP contribution in [0.1, 0.15) is 42.1 Å². The first-order valence-electron chi connectivity index (χ1n) is 6.71. The van der Waals surface area contributed by atoms with Crippen LogP contribution in [0.2, 0.25) is 0 Å². The minimum atomic E-state index is 0.0418. The van der Waals surface area contributed by atoms with Crippen LogP contribution in [0.3, 0.4) is 0 Å². The van der Waals surface area contributed by atoms with Crippen LogP contribution in [0.15, 0.2) is 18.2 Å². The molecule has 2 rings (SSSR count). The summed E-state index contributed by atoms with van der Waals surface area (Å²) in [5.41, 5.74) is 2.91. The van der Waals surface area contributed by atoms with Gasteiger partial charge in [-0.2, -0.15) is 0 Å². The van der Waals surface area contributed by atoms with Crippen molar-refractivity contribution in [2.45, 2.75) is 39.2 Å². The number of carbonyl (C=O) groups excluding carboxylic acids is 1. The lowest BCUT2D eigenvalue weighted by Gasteiger charge is -2.31. The van der Waals surface area contributed by atoms with E-state index in [4.69, 9.17) is 0 Å². The van der Waals surface area contributed by atoms with E-state index >= 15 is 0 Å². The van der Waals surface area contributed by atoms with Crippen LogP contribution in [-0.4, -0.2) is 19.0 Å². The lowest BCUT2D eigenvalue weighted by molar-refractivity contribution is 0.0909. The third-order valence-electron chi connectivity index (χ3n) is 3.97. The summed E-state index contributed by atoms with van der Waals surface area (Å²) in [5.74, 6) is 0.715. The van der Waals surface area contributed by atoms with E-state index in [1.165, 1.54) is 19.3 Å². The van der Waals surface area contributed by atoms with Crippen molar-refractivity contribution in [3.63, 3.8) is 0 Å². The molecule has 1 aliphatic carbocycles. The molecule has 1 saturated carbocycles. The van der Waals surface area contributed by atoms with Gasteiger partial charge in [-0.15, -0.1) is 0 Å². The number of rotatable bonds is 4. The fourth-order valence-corrected chi connectivity index (χ4v) is 2.43. The summed E-state index contributed by atoms with van der Waals surface area (Å²) < 4.78 is 0. The van der Waals surface area contributed by atoms with E-state index in [0.717, 1.165) is 16.8 Å². The maximum absolute atomic E-state index is 12.1. The molecular formula is C15H22N2O. The predicted octanol–water partition coefficient (Wildman–Crippen LogP) is 2.96. The molecule has 0 radical (unpaired) electrons. The first-order chi connectivity index (χ1) is 8.61. The highest BCUT2D eigenvalue weighted by atomic mass is 16.1. The third kappa shape index (κ3) is 2.66. The van der Waals surface area contributed by atoms with E-state index in [1.807, 2.05) is 32.2 Å². The van der Waals surface area contributed by atoms with Crippen molar-refractivity contribution in [3.8, 4) is 0 Å². The molecule has 0 saturated heterocycles. The second-order valence-electron chi connectivity index (χ2n) is 5.23. The van der Waals surface area contributed by atoms with Gasteiger partial charge in [0, 0.05) is 24.3 Å². The summed E-state index contributed by atoms with van der Waals surface area (Å²) in [6, 6.07) is 6.06. The lowest BCUT2D eigenvalue weighted by atomic mass is 9.80. The van der Waals surface area contributed by atoms with Crippen LogP contribution in [0.4, 0.5) is 5.69 Å². The summed E-state index contributed by atoms with van der Waals surface area (Å²) in [6.07, 6.45) is 3.80. The van der Waals surface area contributed by atoms with Gasteiger partial charge < -0.3 is 10.6 Å². The van der Waals surface area contributed by atoms with Crippen LogP contribution in [0.25, 0.3) is 0 Å². The number of hydrogen-bond acceptors (Lipinski definition) is 2. The van der Waals surface area contributed by atoms with E-state index in [1.54, 1.807) is 0 Å². The quantitative estimate of drug-likeness (QED) is 0.857. The Morgan fingerprint density at radius 1 is 1.39 bits per heavy atom. The average molecular weight is 246 g/mol. The first kappa shape index (κ1) is 12.9. The maximum atomic E-state index is 12.1. The second kappa shape index (κ2) is 5.42. The first-order valence-corrected chi connectivity index (χ1v) is 6.71. The Morgan fingerprint density at radius 2 is 2.11 bits per heavy atom. The van der Waals surface area contributed by atoms with Crippen LogP contribution in [-0.2, 0) is 0 Å². The molecule has 2 N–H and O–H groups in total. The highest BCUT2D eigenvalue weighted by Crippen LogP contribution is 2.29. The molecule has 0 bridgehead atoms. The van der Waals surface area contributed by atoms with Gasteiger partial charge in [0.15, 0.2) is 0 Å². The van der Waals surface area contributed by atoms with Crippen molar-refractivity contribution in [2.75, 3.05) is 12.4 Å². The summed E-state index contributed by atoms with van der Waals surface area (Å²) in [6.45, 7) is 4.12. The number of amides is 1. The molecule has 1 aromatic carbocycles. The summed E-state index contributed by atoms with van der Waals surface area (Å²) in [4.78, 5) is 12.1. The van der Waals surface area contributed by atoms with Crippen molar-refractivity contribution >= 4 is 11.6 Å². The molecule has 1 aromatic rings. The molecule has 1 atom stereocenters. The van der Waals surface area contributed by atoms with Crippen molar-refractivity contribution in [1.82, 2.24) is 5.32 Å². The highest BCUT2D eigenvalue weighted by Gasteiger charge is 2.25. The Kier molecular flexibility index (Phi) is 3.90. The Balaban J connectivity index is 2.01. The zero-order valence-electron chi connectivity index (χ0n) is 11.4. The van der Waals surface area contributed by atoms with Gasteiger partial charge in [-0.3, -0.25) is 4.79 Å². The van der Waals surface area contributed by atoms with E-state index in [0.29, 0.717) is 5.92 Å². The standard InChI is InChI=1S/C15H22N2O/c1-10-9-13(7-8-14(10)16-3)15(18)17-11(2)12-5-4-6-12/h7-9,11-12,16H,4-6H2,1-3H3,(H,17,18). The number of hydrogen-bond donors (Lipinski definition) is 2. The van der Waals surface area contributed by atoms with Gasteiger partial charge in [0.1, 0.15) is 0 Å². The monoisotopic (exact) mass is 246 g/mol. The molecule has 0 aliphatic heterocycles. The molecule has 3 heteroatoms. The predicted molar refractivity (Wildman–Crippen MR) is 75.0 cm³/mol. The highest BCUT2D eigenvalue weighted by molar-refractivity contribution is 5.95. The minimum absolute atomic E-state index is 0.0418. The average Bonchev–Trinajstić information content (AvgIpc) is 2.26. The van der Waals surface area contributed by atoms with Gasteiger partial charge in [0.25, 0.3) is 5.91 Å². The Morgan fingerprint density at radius 3 is 2.61 bits per heavy atom. The van der Waals surface area contributed by atoms with Gasteiger partial charge >= 0.3 is 0 Å². The van der Waals surface area contributed by atoms with E-state index in [-0.39, 0.29) is 11.9 Å². The molecule has 18 heavy (non-hydrogen) atoms. The number of carbonyl (C=O) groups is 1. The van der Waals surface area contributed by atoms with Crippen molar-refractivity contribution in [3.05, 3.63) is 29.3 Å². The van der Waals surface area contributed by atoms with Gasteiger partial charge in [-0.05, 0) is 56.4 Å². The summed E-state index contributed by atoms with van der Waals surface area (Å²) in [5, 5.41) is 6.21. The van der Waals surface area contributed by atoms with Crippen molar-refractivity contribution < 1.29 is 4.79 Å². The normalized spacial score (nSPS) is 16.8. The fraction of sp³-hybridized carbons (Fsp3) is 0.533. The zero-order chi connectivity index (χ0) is 13.1. The minimum Gasteiger partial charge on any atom is -0.388 e. The molecular weight excluding hydrogens is 224 g/mol. The number of anilines is 1. The Labute approximate surface area is 109 Å². The number of aryl methyl sites for hydroxylation is 1. The molecule has 0 aromatic heterocycles. The fourth-order valence-electron chi connectivity index (χ4n) is 2.43. The van der Waals surface area contributed by atoms with Crippen LogP contribution in [0, 0.1) is 12.8 Å². The number of nitrogens with one attached hydrogen (secondary N) is 2. The zero-order valence-corrected chi connectivity index (χ0v) is 11.4. The topological polar surface area (TPSA) is 41.1 Å². The van der Waals surface area contributed by atoms with Gasteiger partial charge in [-0.1, -0.05) is 6.42 Å². The molecule has 1 unspecified atom stereocenters. The van der Waals surface area contributed by atoms with E-state index in [9.17, 15) is 4.79 Å². The molecule has 0 heterocycles. The maximum Gasteiger partial charge on any atom is 0.251 e. The Bertz CT molecular complexity index is 438. The van der Waals surface area contributed by atoms with Gasteiger partial charge in [0.05, 0.1) is 0 Å². The molecule has 1 fully saturated rings. The van der Waals surface area contributed by atoms with Crippen LogP contribution < -0.4 is 10.6 Å². The summed E-state index contributed by atoms with van der Waals surface area (Å²) >= 11 is 0. The second-order valence-corrected chi connectivity index (χ2v) is 5.23. The van der Waals surface area contributed by atoms with E-state index < -0.39 is 0 Å². The SMILES string of the molecule is CNc1ccc(C(=O)NC(C)C2CCC2)cc1C. The largest absolute Gasteiger partial charge is 0.388 e. The van der Waals surface area contributed by atoms with E-state index in [2.05, 4.69) is 17.6 Å². The molecule has 0 spiro atoms. The van der Waals surface area contributed by atoms with Crippen LogP contribution in [0.5, 0.6) is 0 Å². The summed E-state index contributed by atoms with van der Waals surface area (Å²) in [7, 11) is 1.89. The molecule has 1 amide bonds.